The Bertz CT molecular complexity index is 504. The molecule has 0 saturated carbocycles. The summed E-state index contributed by atoms with van der Waals surface area (Å²) < 4.78 is 0. The number of rotatable bonds is 5. The molecule has 0 unspecified atom stereocenters. The van der Waals surface area contributed by atoms with Gasteiger partial charge in [0.2, 0.25) is 6.54 Å². The van der Waals surface area contributed by atoms with Gasteiger partial charge in [0.15, 0.2) is 0 Å². The highest BCUT2D eigenvalue weighted by atomic mass is 16.6. The lowest BCUT2D eigenvalue weighted by molar-refractivity contribution is -0.470. The lowest BCUT2D eigenvalue weighted by Crippen LogP contribution is -2.21. The second-order valence-electron chi connectivity index (χ2n) is 3.82. The quantitative estimate of drug-likeness (QED) is 0.462. The fourth-order valence-electron chi connectivity index (χ4n) is 1.14. The van der Waals surface area contributed by atoms with Crippen LogP contribution in [-0.2, 0) is 0 Å². The van der Waals surface area contributed by atoms with E-state index in [1.807, 2.05) is 0 Å². The lowest BCUT2D eigenvalue weighted by Gasteiger charge is -1.99. The van der Waals surface area contributed by atoms with Gasteiger partial charge in [-0.05, 0) is 30.2 Å². The molecule has 0 amide bonds. The zero-order valence-electron chi connectivity index (χ0n) is 11.1. The van der Waals surface area contributed by atoms with Crippen LogP contribution in [0.15, 0.2) is 35.9 Å². The maximum absolute atomic E-state index is 10.2. The Balaban J connectivity index is 0.000000400. The SMILES string of the molecule is CC(=CCO)C[N+](=O)[O-].O=C([O-])c1ccc([N+](=O)[O-])cc1. The van der Waals surface area contributed by atoms with Crippen molar-refractivity contribution in [3.05, 3.63) is 61.7 Å². The minimum Gasteiger partial charge on any atom is -0.545 e. The molecular formula is C12H13N2O7-. The van der Waals surface area contributed by atoms with Crippen LogP contribution < -0.4 is 5.11 Å². The van der Waals surface area contributed by atoms with Gasteiger partial charge in [0, 0.05) is 17.1 Å². The second kappa shape index (κ2) is 9.15. The Hall–Kier alpha value is -2.81. The number of carboxylic acids is 1. The maximum atomic E-state index is 10.2. The normalized spacial score (nSPS) is 10.3. The number of aromatic carboxylic acids is 1. The zero-order chi connectivity index (χ0) is 16.4. The number of carboxylic acid groups (broad SMARTS) is 1. The highest BCUT2D eigenvalue weighted by Crippen LogP contribution is 2.10. The number of carbonyl (C=O) groups excluding carboxylic acids is 1. The molecule has 0 saturated heterocycles. The molecule has 0 aliphatic heterocycles. The van der Waals surface area contributed by atoms with E-state index in [0.29, 0.717) is 5.57 Å². The highest BCUT2D eigenvalue weighted by molar-refractivity contribution is 5.85. The first kappa shape index (κ1) is 18.2. The highest BCUT2D eigenvalue weighted by Gasteiger charge is 2.03. The molecule has 0 spiro atoms. The smallest absolute Gasteiger partial charge is 0.269 e. The topological polar surface area (TPSA) is 147 Å². The van der Waals surface area contributed by atoms with Gasteiger partial charge >= 0.3 is 0 Å². The minimum absolute atomic E-state index is 0.0689. The van der Waals surface area contributed by atoms with Crippen LogP contribution in [0.3, 0.4) is 0 Å². The fourth-order valence-corrected chi connectivity index (χ4v) is 1.14. The van der Waals surface area contributed by atoms with Crippen molar-refractivity contribution in [1.29, 1.82) is 0 Å². The van der Waals surface area contributed by atoms with Crippen LogP contribution in [0.1, 0.15) is 17.3 Å². The largest absolute Gasteiger partial charge is 0.545 e. The number of hydrogen-bond acceptors (Lipinski definition) is 7. The van der Waals surface area contributed by atoms with Gasteiger partial charge in [-0.15, -0.1) is 0 Å². The minimum atomic E-state index is -1.34. The first-order chi connectivity index (χ1) is 9.77. The van der Waals surface area contributed by atoms with Gasteiger partial charge in [-0.2, -0.15) is 0 Å². The summed E-state index contributed by atoms with van der Waals surface area (Å²) in [5.74, 6) is -1.34. The summed E-state index contributed by atoms with van der Waals surface area (Å²) in [5.41, 5.74) is 0.378. The molecule has 0 radical (unpaired) electrons. The second-order valence-corrected chi connectivity index (χ2v) is 3.82. The number of nitro benzene ring substituents is 1. The number of nitro groups is 2. The molecule has 0 fully saturated rings. The monoisotopic (exact) mass is 297 g/mol. The van der Waals surface area contributed by atoms with Crippen molar-refractivity contribution in [2.75, 3.05) is 13.2 Å². The van der Waals surface area contributed by atoms with Gasteiger partial charge in [-0.1, -0.05) is 6.08 Å². The number of carbonyl (C=O) groups is 1. The Morgan fingerprint density at radius 1 is 1.24 bits per heavy atom. The number of benzene rings is 1. The van der Waals surface area contributed by atoms with E-state index >= 15 is 0 Å². The predicted octanol–water partition coefficient (Wildman–Crippen LogP) is 0.160. The first-order valence-electron chi connectivity index (χ1n) is 5.62. The van der Waals surface area contributed by atoms with Crippen molar-refractivity contribution in [3.63, 3.8) is 0 Å². The summed E-state index contributed by atoms with van der Waals surface area (Å²) in [4.78, 5) is 29.1. The lowest BCUT2D eigenvalue weighted by atomic mass is 10.2. The third-order valence-corrected chi connectivity index (χ3v) is 2.13. The Morgan fingerprint density at radius 3 is 2.10 bits per heavy atom. The Kier molecular flexibility index (Phi) is 7.93. The molecule has 0 aliphatic rings. The standard InChI is InChI=1S/C7H5NO4.C5H9NO3/c9-7(10)5-1-3-6(4-2-5)8(11)12;1-5(2-3-7)4-6(8)9/h1-4H,(H,9,10);2,7H,3-4H2,1H3/p-1. The number of non-ortho nitro benzene ring substituents is 1. The number of hydrogen-bond donors (Lipinski definition) is 1. The zero-order valence-corrected chi connectivity index (χ0v) is 11.1. The van der Waals surface area contributed by atoms with Crippen LogP contribution >= 0.6 is 0 Å². The molecule has 0 bridgehead atoms. The summed E-state index contributed by atoms with van der Waals surface area (Å²) >= 11 is 0. The molecule has 1 aromatic rings. The number of aliphatic hydroxyl groups is 1. The average Bonchev–Trinajstić information content (AvgIpc) is 2.38. The molecule has 1 rings (SSSR count). The number of aliphatic hydroxyl groups excluding tert-OH is 1. The van der Waals surface area contributed by atoms with Crippen molar-refractivity contribution in [2.45, 2.75) is 6.92 Å². The van der Waals surface area contributed by atoms with Crippen molar-refractivity contribution >= 4 is 11.7 Å². The van der Waals surface area contributed by atoms with E-state index < -0.39 is 15.8 Å². The molecule has 21 heavy (non-hydrogen) atoms. The van der Waals surface area contributed by atoms with Crippen molar-refractivity contribution in [1.82, 2.24) is 0 Å². The van der Waals surface area contributed by atoms with E-state index in [1.165, 1.54) is 6.08 Å². The van der Waals surface area contributed by atoms with E-state index in [4.69, 9.17) is 5.11 Å². The van der Waals surface area contributed by atoms with Gasteiger partial charge < -0.3 is 15.0 Å². The Labute approximate surface area is 119 Å². The van der Waals surface area contributed by atoms with Gasteiger partial charge in [0.05, 0.1) is 17.5 Å². The van der Waals surface area contributed by atoms with Gasteiger partial charge in [-0.25, -0.2) is 0 Å². The van der Waals surface area contributed by atoms with Crippen LogP contribution in [0.25, 0.3) is 0 Å². The third kappa shape index (κ3) is 8.06. The van der Waals surface area contributed by atoms with Crippen LogP contribution in [0, 0.1) is 20.2 Å². The van der Waals surface area contributed by atoms with Gasteiger partial charge in [-0.3, -0.25) is 20.2 Å². The van der Waals surface area contributed by atoms with Gasteiger partial charge in [0.25, 0.3) is 5.69 Å². The van der Waals surface area contributed by atoms with E-state index in [9.17, 15) is 30.1 Å². The molecular weight excluding hydrogens is 284 g/mol. The Morgan fingerprint density at radius 2 is 1.76 bits per heavy atom. The van der Waals surface area contributed by atoms with E-state index in [1.54, 1.807) is 6.92 Å². The third-order valence-electron chi connectivity index (χ3n) is 2.13. The maximum Gasteiger partial charge on any atom is 0.269 e. The van der Waals surface area contributed by atoms with E-state index in [-0.39, 0.29) is 24.4 Å². The van der Waals surface area contributed by atoms with E-state index in [2.05, 4.69) is 0 Å². The average molecular weight is 297 g/mol. The summed E-state index contributed by atoms with van der Waals surface area (Å²) in [7, 11) is 0. The van der Waals surface area contributed by atoms with Crippen LogP contribution in [0.2, 0.25) is 0 Å². The molecule has 114 valence electrons. The van der Waals surface area contributed by atoms with E-state index in [0.717, 1.165) is 24.3 Å². The summed E-state index contributed by atoms with van der Waals surface area (Å²) in [6, 6.07) is 4.50. The van der Waals surface area contributed by atoms with Crippen LogP contribution in [-0.4, -0.2) is 34.1 Å². The van der Waals surface area contributed by atoms with Crippen molar-refractivity contribution in [2.24, 2.45) is 0 Å². The van der Waals surface area contributed by atoms with Crippen LogP contribution in [0.5, 0.6) is 0 Å². The summed E-state index contributed by atoms with van der Waals surface area (Å²) in [6.07, 6.45) is 1.42. The predicted molar refractivity (Wildman–Crippen MR) is 70.1 cm³/mol. The molecule has 1 N–H and O–H groups in total. The molecule has 0 aliphatic carbocycles. The summed E-state index contributed by atoms with van der Waals surface area (Å²) in [6.45, 7) is 1.30. The molecule has 0 aromatic heterocycles. The van der Waals surface area contributed by atoms with Crippen molar-refractivity contribution < 1.29 is 24.9 Å². The van der Waals surface area contributed by atoms with Crippen molar-refractivity contribution in [3.8, 4) is 0 Å². The molecule has 1 aromatic carbocycles. The summed E-state index contributed by atoms with van der Waals surface area (Å²) in [5, 5.41) is 38.3. The first-order valence-corrected chi connectivity index (χ1v) is 5.62. The molecule has 0 heterocycles. The molecule has 9 nitrogen and oxygen atoms in total. The van der Waals surface area contributed by atoms with Crippen LogP contribution in [0.4, 0.5) is 5.69 Å². The fraction of sp³-hybridized carbons (Fsp3) is 0.250. The molecule has 0 atom stereocenters. The van der Waals surface area contributed by atoms with Gasteiger partial charge in [0.1, 0.15) is 0 Å². The molecule has 9 heteroatoms. The number of nitrogens with zero attached hydrogens (tertiary/aromatic N) is 2.